The predicted octanol–water partition coefficient (Wildman–Crippen LogP) is 2.40. The van der Waals surface area contributed by atoms with Crippen molar-refractivity contribution in [1.29, 1.82) is 0 Å². The Morgan fingerprint density at radius 3 is 2.12 bits per heavy atom. The number of carbonyl (C=O) groups excluding carboxylic acids is 1. The number of aryl methyl sites for hydroxylation is 2. The number of fused-ring (bicyclic) bond motifs is 2. The number of para-hydroxylation sites is 2. The third-order valence-electron chi connectivity index (χ3n) is 5.09. The molecule has 1 saturated heterocycles. The molecule has 0 radical (unpaired) electrons. The molecular weight excluding hydrogens is 330 g/mol. The van der Waals surface area contributed by atoms with Gasteiger partial charge in [0.15, 0.2) is 0 Å². The van der Waals surface area contributed by atoms with E-state index in [2.05, 4.69) is 5.32 Å². The number of urea groups is 1. The number of hydrogen-bond donors (Lipinski definition) is 2. The Balaban J connectivity index is 1.81. The molecule has 2 amide bonds. The molecule has 2 N–H and O–H groups in total. The van der Waals surface area contributed by atoms with Gasteiger partial charge in [-0.2, -0.15) is 0 Å². The normalized spacial score (nSPS) is 19.3. The molecular formula is C20H21N3O3. The molecule has 6 heteroatoms. The average Bonchev–Trinajstić information content (AvgIpc) is 2.84. The summed E-state index contributed by atoms with van der Waals surface area (Å²) in [7, 11) is 0. The van der Waals surface area contributed by atoms with Crippen molar-refractivity contribution in [2.45, 2.75) is 18.9 Å². The first-order chi connectivity index (χ1) is 12.7. The van der Waals surface area contributed by atoms with Gasteiger partial charge in [0.2, 0.25) is 0 Å². The summed E-state index contributed by atoms with van der Waals surface area (Å²) in [5, 5.41) is 12.6. The van der Waals surface area contributed by atoms with E-state index in [0.29, 0.717) is 13.1 Å². The Kier molecular flexibility index (Phi) is 4.34. The second-order valence-electron chi connectivity index (χ2n) is 6.63. The number of carboxylic acid groups (broad SMARTS) is 1. The molecule has 2 aromatic rings. The summed E-state index contributed by atoms with van der Waals surface area (Å²) in [6, 6.07) is 14.6. The monoisotopic (exact) mass is 351 g/mol. The van der Waals surface area contributed by atoms with Gasteiger partial charge in [-0.3, -0.25) is 4.90 Å². The van der Waals surface area contributed by atoms with Gasteiger partial charge < -0.3 is 15.3 Å². The topological polar surface area (TPSA) is 72.9 Å². The number of carboxylic acids is 1. The number of benzene rings is 2. The van der Waals surface area contributed by atoms with Crippen LogP contribution in [0.3, 0.4) is 0 Å². The van der Waals surface area contributed by atoms with E-state index in [1.54, 1.807) is 4.90 Å². The molecule has 0 saturated carbocycles. The summed E-state index contributed by atoms with van der Waals surface area (Å²) in [5.41, 5.74) is 3.87. The van der Waals surface area contributed by atoms with Crippen molar-refractivity contribution in [2.75, 3.05) is 24.5 Å². The summed E-state index contributed by atoms with van der Waals surface area (Å²) in [6.45, 7) is 1.22. The molecule has 0 unspecified atom stereocenters. The van der Waals surface area contributed by atoms with Crippen molar-refractivity contribution in [3.8, 4) is 0 Å². The molecule has 2 aliphatic heterocycles. The number of nitrogens with zero attached hydrogens (tertiary/aromatic N) is 2. The van der Waals surface area contributed by atoms with E-state index < -0.39 is 12.0 Å². The van der Waals surface area contributed by atoms with Crippen LogP contribution in [0, 0.1) is 0 Å². The van der Waals surface area contributed by atoms with E-state index in [1.165, 1.54) is 4.90 Å². The second kappa shape index (κ2) is 6.80. The Labute approximate surface area is 152 Å². The number of hydrogen-bond acceptors (Lipinski definition) is 3. The zero-order chi connectivity index (χ0) is 18.1. The summed E-state index contributed by atoms with van der Waals surface area (Å²) in [4.78, 5) is 28.3. The minimum Gasteiger partial charge on any atom is -0.480 e. The quantitative estimate of drug-likeness (QED) is 0.827. The molecule has 2 aromatic carbocycles. The van der Waals surface area contributed by atoms with Gasteiger partial charge in [-0.15, -0.1) is 0 Å². The molecule has 134 valence electrons. The lowest BCUT2D eigenvalue weighted by Gasteiger charge is -2.37. The highest BCUT2D eigenvalue weighted by Crippen LogP contribution is 2.37. The van der Waals surface area contributed by atoms with Crippen LogP contribution in [0.5, 0.6) is 0 Å². The highest BCUT2D eigenvalue weighted by Gasteiger charge is 2.37. The molecule has 2 aliphatic rings. The van der Waals surface area contributed by atoms with Crippen LogP contribution in [0.4, 0.5) is 16.2 Å². The van der Waals surface area contributed by atoms with Crippen LogP contribution in [-0.4, -0.2) is 47.7 Å². The summed E-state index contributed by atoms with van der Waals surface area (Å²) in [6.07, 6.45) is 1.70. The van der Waals surface area contributed by atoms with E-state index in [9.17, 15) is 14.7 Å². The predicted molar refractivity (Wildman–Crippen MR) is 98.8 cm³/mol. The summed E-state index contributed by atoms with van der Waals surface area (Å²) in [5.74, 6) is -0.984. The molecule has 1 fully saturated rings. The molecule has 2 heterocycles. The van der Waals surface area contributed by atoms with Crippen molar-refractivity contribution in [2.24, 2.45) is 0 Å². The van der Waals surface area contributed by atoms with E-state index >= 15 is 0 Å². The zero-order valence-corrected chi connectivity index (χ0v) is 14.4. The van der Waals surface area contributed by atoms with Gasteiger partial charge in [0.25, 0.3) is 0 Å². The van der Waals surface area contributed by atoms with Crippen LogP contribution in [-0.2, 0) is 17.6 Å². The zero-order valence-electron chi connectivity index (χ0n) is 14.4. The minimum absolute atomic E-state index is 0.262. The van der Waals surface area contributed by atoms with Crippen LogP contribution < -0.4 is 10.2 Å². The van der Waals surface area contributed by atoms with Crippen molar-refractivity contribution in [1.82, 2.24) is 10.2 Å². The van der Waals surface area contributed by atoms with Crippen LogP contribution in [0.25, 0.3) is 0 Å². The van der Waals surface area contributed by atoms with Gasteiger partial charge in [0.1, 0.15) is 6.04 Å². The maximum atomic E-state index is 13.5. The Bertz CT molecular complexity index is 804. The first-order valence-corrected chi connectivity index (χ1v) is 8.87. The Morgan fingerprint density at radius 2 is 1.54 bits per heavy atom. The third-order valence-corrected chi connectivity index (χ3v) is 5.09. The Morgan fingerprint density at radius 1 is 0.962 bits per heavy atom. The van der Waals surface area contributed by atoms with Crippen molar-refractivity contribution < 1.29 is 14.7 Å². The van der Waals surface area contributed by atoms with E-state index in [-0.39, 0.29) is 12.6 Å². The highest BCUT2D eigenvalue weighted by atomic mass is 16.4. The Hall–Kier alpha value is -2.86. The minimum atomic E-state index is -0.984. The lowest BCUT2D eigenvalue weighted by atomic mass is 10.0. The van der Waals surface area contributed by atoms with Gasteiger partial charge in [-0.1, -0.05) is 36.4 Å². The maximum absolute atomic E-state index is 13.5. The number of carbonyl (C=O) groups is 2. The lowest BCUT2D eigenvalue weighted by molar-refractivity contribution is -0.142. The first kappa shape index (κ1) is 16.6. The number of nitrogens with one attached hydrogen (secondary N) is 1. The number of piperazine rings is 1. The molecule has 0 bridgehead atoms. The fraction of sp³-hybridized carbons (Fsp3) is 0.300. The SMILES string of the molecule is O=C(O)[C@@H]1CNCCN1C(=O)N1c2ccccc2CCc2ccccc21. The molecule has 0 aromatic heterocycles. The van der Waals surface area contributed by atoms with Gasteiger partial charge in [0.05, 0.1) is 11.4 Å². The molecule has 1 atom stereocenters. The maximum Gasteiger partial charge on any atom is 0.329 e. The van der Waals surface area contributed by atoms with E-state index in [1.807, 2.05) is 48.5 Å². The summed E-state index contributed by atoms with van der Waals surface area (Å²) < 4.78 is 0. The number of aliphatic carboxylic acids is 1. The van der Waals surface area contributed by atoms with Gasteiger partial charge in [-0.05, 0) is 36.1 Å². The number of anilines is 2. The highest BCUT2D eigenvalue weighted by molar-refractivity contribution is 6.02. The average molecular weight is 351 g/mol. The van der Waals surface area contributed by atoms with Crippen molar-refractivity contribution in [3.05, 3.63) is 59.7 Å². The van der Waals surface area contributed by atoms with Crippen LogP contribution in [0.15, 0.2) is 48.5 Å². The van der Waals surface area contributed by atoms with Gasteiger partial charge >= 0.3 is 12.0 Å². The van der Waals surface area contributed by atoms with E-state index in [4.69, 9.17) is 0 Å². The molecule has 6 nitrogen and oxygen atoms in total. The molecule has 0 aliphatic carbocycles. The fourth-order valence-electron chi connectivity index (χ4n) is 3.77. The lowest BCUT2D eigenvalue weighted by Crippen LogP contribution is -2.59. The van der Waals surface area contributed by atoms with Gasteiger partial charge in [-0.25, -0.2) is 9.59 Å². The van der Waals surface area contributed by atoms with E-state index in [0.717, 1.165) is 35.3 Å². The van der Waals surface area contributed by atoms with Gasteiger partial charge in [0, 0.05) is 19.6 Å². The standard InChI is InChI=1S/C20H21N3O3/c24-19(25)18-13-21-11-12-22(18)20(26)23-16-7-3-1-5-14(16)9-10-15-6-2-4-8-17(15)23/h1-8,18,21H,9-13H2,(H,24,25)/t18-/m0/s1. The second-order valence-corrected chi connectivity index (χ2v) is 6.63. The third kappa shape index (κ3) is 2.82. The molecule has 4 rings (SSSR count). The van der Waals surface area contributed by atoms with Crippen LogP contribution in [0.1, 0.15) is 11.1 Å². The summed E-state index contributed by atoms with van der Waals surface area (Å²) >= 11 is 0. The molecule has 0 spiro atoms. The van der Waals surface area contributed by atoms with Crippen LogP contribution in [0.2, 0.25) is 0 Å². The molecule has 26 heavy (non-hydrogen) atoms. The van der Waals surface area contributed by atoms with Crippen molar-refractivity contribution in [3.63, 3.8) is 0 Å². The number of rotatable bonds is 1. The van der Waals surface area contributed by atoms with Crippen molar-refractivity contribution >= 4 is 23.4 Å². The van der Waals surface area contributed by atoms with Crippen LogP contribution >= 0.6 is 0 Å². The fourth-order valence-corrected chi connectivity index (χ4v) is 3.77. The first-order valence-electron chi connectivity index (χ1n) is 8.87. The smallest absolute Gasteiger partial charge is 0.329 e. The number of amides is 2. The largest absolute Gasteiger partial charge is 0.480 e.